The third-order valence-electron chi connectivity index (χ3n) is 3.38. The molecule has 0 bridgehead atoms. The van der Waals surface area contributed by atoms with Crippen molar-refractivity contribution in [1.82, 2.24) is 0 Å². The van der Waals surface area contributed by atoms with Gasteiger partial charge in [0.2, 0.25) is 0 Å². The van der Waals surface area contributed by atoms with Gasteiger partial charge in [-0.25, -0.2) is 0 Å². The summed E-state index contributed by atoms with van der Waals surface area (Å²) in [5.41, 5.74) is 1.11. The molecule has 0 saturated carbocycles. The maximum absolute atomic E-state index is 6.07. The van der Waals surface area contributed by atoms with E-state index in [1.54, 1.807) is 11.8 Å². The largest absolute Gasteiger partial charge is 0.455 e. The molecule has 1 nitrogen and oxygen atoms in total. The van der Waals surface area contributed by atoms with Crippen molar-refractivity contribution in [2.45, 2.75) is 4.90 Å². The molecule has 4 rings (SSSR count). The molecule has 0 fully saturated rings. The highest BCUT2D eigenvalue weighted by atomic mass is 32.2. The normalized spacial score (nSPS) is 13.5. The maximum Gasteiger partial charge on any atom is 0.142 e. The van der Waals surface area contributed by atoms with Gasteiger partial charge in [0.05, 0.1) is 4.90 Å². The Morgan fingerprint density at radius 2 is 1.45 bits per heavy atom. The third kappa shape index (κ3) is 1.98. The van der Waals surface area contributed by atoms with E-state index < -0.39 is 0 Å². The Labute approximate surface area is 121 Å². The lowest BCUT2D eigenvalue weighted by atomic mass is 10.1. The van der Waals surface area contributed by atoms with Gasteiger partial charge in [-0.3, -0.25) is 0 Å². The molecule has 0 spiro atoms. The van der Waals surface area contributed by atoms with Gasteiger partial charge in [0.25, 0.3) is 0 Å². The van der Waals surface area contributed by atoms with Crippen LogP contribution in [-0.2, 0) is 0 Å². The van der Waals surface area contributed by atoms with E-state index in [0.29, 0.717) is 0 Å². The van der Waals surface area contributed by atoms with Crippen LogP contribution in [0.5, 0.6) is 5.75 Å². The monoisotopic (exact) mass is 276 g/mol. The molecule has 1 aliphatic rings. The van der Waals surface area contributed by atoms with Gasteiger partial charge in [0.15, 0.2) is 0 Å². The number of fused-ring (bicyclic) bond motifs is 2. The number of hydrogen-bond donors (Lipinski definition) is 0. The minimum Gasteiger partial charge on any atom is -0.455 e. The first kappa shape index (κ1) is 11.6. The Balaban J connectivity index is 1.78. The maximum atomic E-state index is 6.07. The van der Waals surface area contributed by atoms with Gasteiger partial charge in [-0.05, 0) is 22.9 Å². The Morgan fingerprint density at radius 3 is 2.25 bits per heavy atom. The predicted octanol–water partition coefficient (Wildman–Crippen LogP) is 5.32. The highest BCUT2D eigenvalue weighted by Crippen LogP contribution is 2.41. The summed E-state index contributed by atoms with van der Waals surface area (Å²) in [5.74, 6) is 1.86. The summed E-state index contributed by atoms with van der Waals surface area (Å²) in [4.78, 5) is 1.17. The third-order valence-corrected chi connectivity index (χ3v) is 4.29. The Morgan fingerprint density at radius 1 is 0.750 bits per heavy atom. The van der Waals surface area contributed by atoms with Gasteiger partial charge in [-0.15, -0.1) is 0 Å². The number of ether oxygens (including phenoxy) is 1. The molecule has 0 saturated heterocycles. The van der Waals surface area contributed by atoms with Crippen LogP contribution in [0, 0.1) is 0 Å². The van der Waals surface area contributed by atoms with Gasteiger partial charge in [0, 0.05) is 11.0 Å². The molecule has 0 amide bonds. The van der Waals surface area contributed by atoms with E-state index in [9.17, 15) is 0 Å². The summed E-state index contributed by atoms with van der Waals surface area (Å²) >= 11 is 1.72. The zero-order chi connectivity index (χ0) is 13.4. The van der Waals surface area contributed by atoms with Crippen LogP contribution in [0.1, 0.15) is 5.56 Å². The quantitative estimate of drug-likeness (QED) is 0.594. The van der Waals surface area contributed by atoms with Gasteiger partial charge in [-0.2, -0.15) is 0 Å². The van der Waals surface area contributed by atoms with Crippen molar-refractivity contribution >= 4 is 28.3 Å². The van der Waals surface area contributed by atoms with E-state index in [1.807, 2.05) is 18.2 Å². The van der Waals surface area contributed by atoms with E-state index in [2.05, 4.69) is 53.9 Å². The first-order valence-corrected chi connectivity index (χ1v) is 7.41. The molecule has 3 aromatic carbocycles. The van der Waals surface area contributed by atoms with Crippen LogP contribution in [0.15, 0.2) is 77.0 Å². The van der Waals surface area contributed by atoms with Crippen LogP contribution in [0.25, 0.3) is 16.5 Å². The smallest absolute Gasteiger partial charge is 0.142 e. The topological polar surface area (TPSA) is 9.23 Å². The number of thioether (sulfide) groups is 1. The number of hydrogen-bond acceptors (Lipinski definition) is 2. The SMILES string of the molecule is C1=C(c2ccccc2)Oc2cc3ccccc3cc2S1. The molecular formula is C18H12OS. The molecule has 0 atom stereocenters. The molecule has 20 heavy (non-hydrogen) atoms. The standard InChI is InChI=1S/C18H12OS/c1-2-6-13(7-3-1)17-12-20-18-11-15-9-5-4-8-14(15)10-16(18)19-17/h1-12H. The first-order valence-electron chi connectivity index (χ1n) is 6.53. The molecular weight excluding hydrogens is 264 g/mol. The Bertz CT molecular complexity index is 806. The summed E-state index contributed by atoms with van der Waals surface area (Å²) in [6.07, 6.45) is 0. The summed E-state index contributed by atoms with van der Waals surface area (Å²) in [6, 6.07) is 22.9. The highest BCUT2D eigenvalue weighted by Gasteiger charge is 2.15. The van der Waals surface area contributed by atoms with Crippen LogP contribution in [0.2, 0.25) is 0 Å². The Hall–Kier alpha value is -2.19. The van der Waals surface area contributed by atoms with E-state index in [4.69, 9.17) is 4.74 Å². The summed E-state index contributed by atoms with van der Waals surface area (Å²) in [5, 5.41) is 4.53. The molecule has 0 N–H and O–H groups in total. The molecule has 0 aromatic heterocycles. The van der Waals surface area contributed by atoms with Crippen molar-refractivity contribution in [1.29, 1.82) is 0 Å². The lowest BCUT2D eigenvalue weighted by Gasteiger charge is -2.18. The van der Waals surface area contributed by atoms with E-state index in [-0.39, 0.29) is 0 Å². The molecule has 96 valence electrons. The highest BCUT2D eigenvalue weighted by molar-refractivity contribution is 8.02. The van der Waals surface area contributed by atoms with Gasteiger partial charge >= 0.3 is 0 Å². The molecule has 0 radical (unpaired) electrons. The van der Waals surface area contributed by atoms with Crippen LogP contribution in [0.4, 0.5) is 0 Å². The molecule has 0 unspecified atom stereocenters. The summed E-state index contributed by atoms with van der Waals surface area (Å²) in [6.45, 7) is 0. The first-order chi connectivity index (χ1) is 9.90. The van der Waals surface area contributed by atoms with Crippen LogP contribution >= 0.6 is 11.8 Å². The number of rotatable bonds is 1. The van der Waals surface area contributed by atoms with Gasteiger partial charge in [-0.1, -0.05) is 66.4 Å². The van der Waals surface area contributed by atoms with E-state index in [1.165, 1.54) is 15.7 Å². The van der Waals surface area contributed by atoms with Crippen molar-refractivity contribution < 1.29 is 4.74 Å². The molecule has 3 aromatic rings. The van der Waals surface area contributed by atoms with Gasteiger partial charge < -0.3 is 4.74 Å². The van der Waals surface area contributed by atoms with Gasteiger partial charge in [0.1, 0.15) is 11.5 Å². The van der Waals surface area contributed by atoms with Crippen molar-refractivity contribution in [3.63, 3.8) is 0 Å². The average Bonchev–Trinajstić information content (AvgIpc) is 2.53. The fourth-order valence-corrected chi connectivity index (χ4v) is 3.19. The molecule has 0 aliphatic carbocycles. The predicted molar refractivity (Wildman–Crippen MR) is 84.9 cm³/mol. The van der Waals surface area contributed by atoms with Crippen molar-refractivity contribution in [3.8, 4) is 5.75 Å². The fourth-order valence-electron chi connectivity index (χ4n) is 2.36. The van der Waals surface area contributed by atoms with E-state index >= 15 is 0 Å². The summed E-state index contributed by atoms with van der Waals surface area (Å²) < 4.78 is 6.07. The fraction of sp³-hybridized carbons (Fsp3) is 0. The van der Waals surface area contributed by atoms with Crippen LogP contribution in [0.3, 0.4) is 0 Å². The van der Waals surface area contributed by atoms with Crippen molar-refractivity contribution in [3.05, 3.63) is 77.7 Å². The minimum atomic E-state index is 0.915. The average molecular weight is 276 g/mol. The lowest BCUT2D eigenvalue weighted by Crippen LogP contribution is -1.99. The number of benzene rings is 3. The lowest BCUT2D eigenvalue weighted by molar-refractivity contribution is 0.502. The second-order valence-corrected chi connectivity index (χ2v) is 5.63. The zero-order valence-corrected chi connectivity index (χ0v) is 11.6. The second kappa shape index (κ2) is 4.73. The second-order valence-electron chi connectivity index (χ2n) is 4.71. The van der Waals surface area contributed by atoms with Crippen molar-refractivity contribution in [2.24, 2.45) is 0 Å². The van der Waals surface area contributed by atoms with E-state index in [0.717, 1.165) is 17.1 Å². The minimum absolute atomic E-state index is 0.915. The Kier molecular flexibility index (Phi) is 2.75. The van der Waals surface area contributed by atoms with Crippen molar-refractivity contribution in [2.75, 3.05) is 0 Å². The molecule has 1 aliphatic heterocycles. The molecule has 1 heterocycles. The van der Waals surface area contributed by atoms with Crippen LogP contribution < -0.4 is 4.74 Å². The molecule has 2 heteroatoms. The van der Waals surface area contributed by atoms with Crippen LogP contribution in [-0.4, -0.2) is 0 Å². The summed E-state index contributed by atoms with van der Waals surface area (Å²) in [7, 11) is 0. The zero-order valence-electron chi connectivity index (χ0n) is 10.7.